The third-order valence-corrected chi connectivity index (χ3v) is 5.29. The van der Waals surface area contributed by atoms with E-state index in [9.17, 15) is 0 Å². The van der Waals surface area contributed by atoms with E-state index in [-0.39, 0.29) is 12.1 Å². The Morgan fingerprint density at radius 3 is 2.43 bits per heavy atom. The molecule has 0 radical (unpaired) electrons. The van der Waals surface area contributed by atoms with E-state index in [2.05, 4.69) is 65.6 Å². The lowest BCUT2D eigenvalue weighted by Crippen LogP contribution is -2.28. The molecule has 0 saturated carbocycles. The average molecular weight is 377 g/mol. The smallest absolute Gasteiger partial charge is 0.241 e. The molecule has 3 aromatic rings. The first-order valence-corrected chi connectivity index (χ1v) is 9.86. The number of nitrogens with zero attached hydrogens (tertiary/aromatic N) is 3. The van der Waals surface area contributed by atoms with E-state index in [0.717, 1.165) is 12.2 Å². The predicted octanol–water partition coefficient (Wildman–Crippen LogP) is 4.53. The summed E-state index contributed by atoms with van der Waals surface area (Å²) >= 11 is 0. The van der Waals surface area contributed by atoms with Crippen LogP contribution in [0.15, 0.2) is 48.5 Å². The molecule has 1 aromatic heterocycles. The second-order valence-corrected chi connectivity index (χ2v) is 7.51. The Bertz CT molecular complexity index is 931. The molecule has 0 aliphatic carbocycles. The number of rotatable bonds is 5. The van der Waals surface area contributed by atoms with Crippen LogP contribution in [0.4, 0.5) is 11.9 Å². The van der Waals surface area contributed by atoms with Gasteiger partial charge in [-0.25, -0.2) is 4.68 Å². The summed E-state index contributed by atoms with van der Waals surface area (Å²) in [6.45, 7) is 7.07. The first-order valence-electron chi connectivity index (χ1n) is 9.86. The SMILES string of the molecule is CCOc1ccc(C2CC(c3ccc(C(C)C)cc3)n3nc(N)nc3N2)cc1. The van der Waals surface area contributed by atoms with Gasteiger partial charge in [-0.2, -0.15) is 4.98 Å². The van der Waals surface area contributed by atoms with Gasteiger partial charge in [-0.15, -0.1) is 5.10 Å². The molecule has 0 amide bonds. The van der Waals surface area contributed by atoms with Crippen molar-refractivity contribution < 1.29 is 4.74 Å². The Kier molecular flexibility index (Phi) is 4.94. The van der Waals surface area contributed by atoms with Gasteiger partial charge in [-0.05, 0) is 48.1 Å². The Balaban J connectivity index is 1.65. The molecule has 4 rings (SSSR count). The average Bonchev–Trinajstić information content (AvgIpc) is 3.08. The van der Waals surface area contributed by atoms with Gasteiger partial charge in [0, 0.05) is 0 Å². The normalized spacial score (nSPS) is 18.6. The molecule has 2 atom stereocenters. The number of nitrogens with two attached hydrogens (primary N) is 1. The van der Waals surface area contributed by atoms with Crippen LogP contribution < -0.4 is 15.8 Å². The van der Waals surface area contributed by atoms with Gasteiger partial charge in [0.05, 0.1) is 18.7 Å². The van der Waals surface area contributed by atoms with E-state index < -0.39 is 0 Å². The molecule has 146 valence electrons. The number of ether oxygens (including phenoxy) is 1. The molecule has 6 heteroatoms. The van der Waals surface area contributed by atoms with E-state index in [4.69, 9.17) is 10.5 Å². The number of anilines is 2. The molecule has 1 aliphatic rings. The zero-order valence-corrected chi connectivity index (χ0v) is 16.6. The highest BCUT2D eigenvalue weighted by atomic mass is 16.5. The van der Waals surface area contributed by atoms with Gasteiger partial charge in [-0.3, -0.25) is 0 Å². The van der Waals surface area contributed by atoms with Gasteiger partial charge in [0.15, 0.2) is 0 Å². The van der Waals surface area contributed by atoms with Crippen LogP contribution in [0.5, 0.6) is 5.75 Å². The number of hydrogen-bond acceptors (Lipinski definition) is 5. The van der Waals surface area contributed by atoms with Crippen molar-refractivity contribution in [2.75, 3.05) is 17.7 Å². The molecule has 3 N–H and O–H groups in total. The maximum Gasteiger partial charge on any atom is 0.241 e. The number of fused-ring (bicyclic) bond motifs is 1. The largest absolute Gasteiger partial charge is 0.494 e. The van der Waals surface area contributed by atoms with Gasteiger partial charge in [-0.1, -0.05) is 50.2 Å². The maximum atomic E-state index is 5.90. The van der Waals surface area contributed by atoms with Crippen LogP contribution in [0.1, 0.15) is 61.9 Å². The summed E-state index contributed by atoms with van der Waals surface area (Å²) in [7, 11) is 0. The fourth-order valence-corrected chi connectivity index (χ4v) is 3.76. The number of nitrogen functional groups attached to an aromatic ring is 1. The lowest BCUT2D eigenvalue weighted by atomic mass is 9.92. The Morgan fingerprint density at radius 1 is 1.11 bits per heavy atom. The fraction of sp³-hybridized carbons (Fsp3) is 0.364. The molecule has 0 spiro atoms. The summed E-state index contributed by atoms with van der Waals surface area (Å²) in [5.41, 5.74) is 9.64. The summed E-state index contributed by atoms with van der Waals surface area (Å²) in [4.78, 5) is 4.39. The highest BCUT2D eigenvalue weighted by Gasteiger charge is 2.30. The lowest BCUT2D eigenvalue weighted by Gasteiger charge is -2.32. The topological polar surface area (TPSA) is 78.0 Å². The molecule has 0 fully saturated rings. The number of benzene rings is 2. The minimum atomic E-state index is 0.0823. The third-order valence-electron chi connectivity index (χ3n) is 5.29. The van der Waals surface area contributed by atoms with Crippen molar-refractivity contribution in [2.45, 2.75) is 45.2 Å². The van der Waals surface area contributed by atoms with Gasteiger partial charge in [0.1, 0.15) is 5.75 Å². The Labute approximate surface area is 165 Å². The summed E-state index contributed by atoms with van der Waals surface area (Å²) < 4.78 is 7.47. The van der Waals surface area contributed by atoms with Crippen LogP contribution in [-0.2, 0) is 0 Å². The van der Waals surface area contributed by atoms with Crippen molar-refractivity contribution in [1.29, 1.82) is 0 Å². The van der Waals surface area contributed by atoms with Crippen LogP contribution in [0, 0.1) is 0 Å². The van der Waals surface area contributed by atoms with Crippen molar-refractivity contribution in [2.24, 2.45) is 0 Å². The Hall–Kier alpha value is -3.02. The van der Waals surface area contributed by atoms with E-state index in [1.165, 1.54) is 16.7 Å². The highest BCUT2D eigenvalue weighted by molar-refractivity contribution is 5.43. The zero-order chi connectivity index (χ0) is 19.7. The van der Waals surface area contributed by atoms with Crippen LogP contribution in [0.3, 0.4) is 0 Å². The maximum absolute atomic E-state index is 5.90. The van der Waals surface area contributed by atoms with Gasteiger partial charge in [0.2, 0.25) is 11.9 Å². The van der Waals surface area contributed by atoms with Crippen LogP contribution in [-0.4, -0.2) is 21.4 Å². The number of nitrogens with one attached hydrogen (secondary N) is 1. The van der Waals surface area contributed by atoms with Gasteiger partial charge >= 0.3 is 0 Å². The first kappa shape index (κ1) is 18.3. The molecule has 0 bridgehead atoms. The van der Waals surface area contributed by atoms with E-state index in [0.29, 0.717) is 24.4 Å². The second kappa shape index (κ2) is 7.54. The summed E-state index contributed by atoms with van der Waals surface area (Å²) in [6.07, 6.45) is 0.866. The molecule has 1 aliphatic heterocycles. The van der Waals surface area contributed by atoms with Crippen molar-refractivity contribution in [3.05, 3.63) is 65.2 Å². The molecule has 6 nitrogen and oxygen atoms in total. The zero-order valence-electron chi connectivity index (χ0n) is 16.6. The standard InChI is InChI=1S/C22H27N5O/c1-4-28-18-11-9-16(10-12-18)19-13-20(27-22(24-19)25-21(23)26-27)17-7-5-15(6-8-17)14(2)3/h5-12,14,19-20H,4,13H2,1-3H3,(H3,23,24,25,26). The molecule has 2 unspecified atom stereocenters. The predicted molar refractivity (Wildman–Crippen MR) is 112 cm³/mol. The molecular formula is C22H27N5O. The van der Waals surface area contributed by atoms with Gasteiger partial charge in [0.25, 0.3) is 0 Å². The van der Waals surface area contributed by atoms with Crippen molar-refractivity contribution >= 4 is 11.9 Å². The van der Waals surface area contributed by atoms with Crippen LogP contribution >= 0.6 is 0 Å². The lowest BCUT2D eigenvalue weighted by molar-refractivity contribution is 0.340. The number of hydrogen-bond donors (Lipinski definition) is 2. The molecule has 2 heterocycles. The van der Waals surface area contributed by atoms with Gasteiger partial charge < -0.3 is 15.8 Å². The third kappa shape index (κ3) is 3.54. The van der Waals surface area contributed by atoms with Crippen molar-refractivity contribution in [3.8, 4) is 5.75 Å². The molecule has 0 saturated heterocycles. The van der Waals surface area contributed by atoms with E-state index in [1.807, 2.05) is 23.7 Å². The first-order chi connectivity index (χ1) is 13.5. The van der Waals surface area contributed by atoms with Crippen molar-refractivity contribution in [1.82, 2.24) is 14.8 Å². The highest BCUT2D eigenvalue weighted by Crippen LogP contribution is 2.38. The van der Waals surface area contributed by atoms with Crippen LogP contribution in [0.25, 0.3) is 0 Å². The summed E-state index contributed by atoms with van der Waals surface area (Å²) in [5.74, 6) is 2.39. The monoisotopic (exact) mass is 377 g/mol. The summed E-state index contributed by atoms with van der Waals surface area (Å²) in [6, 6.07) is 17.3. The molecular weight excluding hydrogens is 350 g/mol. The molecule has 28 heavy (non-hydrogen) atoms. The fourth-order valence-electron chi connectivity index (χ4n) is 3.76. The quantitative estimate of drug-likeness (QED) is 0.683. The summed E-state index contributed by atoms with van der Waals surface area (Å²) in [5, 5.41) is 7.92. The minimum Gasteiger partial charge on any atom is -0.494 e. The van der Waals surface area contributed by atoms with Crippen LogP contribution in [0.2, 0.25) is 0 Å². The Morgan fingerprint density at radius 2 is 1.79 bits per heavy atom. The molecule has 2 aromatic carbocycles. The second-order valence-electron chi connectivity index (χ2n) is 7.51. The van der Waals surface area contributed by atoms with E-state index >= 15 is 0 Å². The van der Waals surface area contributed by atoms with Crippen molar-refractivity contribution in [3.63, 3.8) is 0 Å². The van der Waals surface area contributed by atoms with E-state index in [1.54, 1.807) is 0 Å². The number of aromatic nitrogens is 3. The minimum absolute atomic E-state index is 0.0823.